The van der Waals surface area contributed by atoms with Crippen LogP contribution in [0.5, 0.6) is 0 Å². The third-order valence-electron chi connectivity index (χ3n) is 2.97. The highest BCUT2D eigenvalue weighted by Crippen LogP contribution is 2.17. The minimum atomic E-state index is -0.246. The highest BCUT2D eigenvalue weighted by molar-refractivity contribution is 5.77. The normalized spacial score (nSPS) is 11.4. The number of H-pyrrole nitrogens is 1. The summed E-state index contributed by atoms with van der Waals surface area (Å²) in [5.41, 5.74) is 1.52. The first-order valence-corrected chi connectivity index (χ1v) is 6.63. The molecule has 0 aliphatic rings. The van der Waals surface area contributed by atoms with E-state index in [4.69, 9.17) is 0 Å². The van der Waals surface area contributed by atoms with Crippen LogP contribution in [0.2, 0.25) is 0 Å². The number of fused-ring (bicyclic) bond motifs is 1. The van der Waals surface area contributed by atoms with Gasteiger partial charge < -0.3 is 15.2 Å². The van der Waals surface area contributed by atoms with Crippen molar-refractivity contribution in [1.82, 2.24) is 15.3 Å². The molecule has 1 heterocycles. The summed E-state index contributed by atoms with van der Waals surface area (Å²) in [5.74, 6) is 1.18. The number of likely N-dealkylation sites (N-methyl/N-ethyl adjacent to an activating group) is 1. The number of nitrogens with zero attached hydrogens (tertiary/aromatic N) is 2. The fourth-order valence-electron chi connectivity index (χ4n) is 1.89. The minimum Gasteiger partial charge on any atom is -0.344 e. The molecule has 0 saturated heterocycles. The summed E-state index contributed by atoms with van der Waals surface area (Å²) in [6.45, 7) is 7.14. The Labute approximate surface area is 113 Å². The number of halogens is 1. The molecule has 2 N–H and O–H groups in total. The number of aromatic nitrogens is 2. The SMILES string of the molecule is CC(C)CNCCN(C)c1nc2ccc(F)cc2[nH]1. The third kappa shape index (κ3) is 3.67. The Bertz CT molecular complexity index is 535. The smallest absolute Gasteiger partial charge is 0.203 e. The number of hydrogen-bond acceptors (Lipinski definition) is 3. The molecule has 1 aromatic heterocycles. The lowest BCUT2D eigenvalue weighted by Gasteiger charge is -2.16. The molecule has 0 bridgehead atoms. The molecule has 0 fully saturated rings. The second-order valence-electron chi connectivity index (χ2n) is 5.24. The minimum absolute atomic E-state index is 0.246. The van der Waals surface area contributed by atoms with Crippen molar-refractivity contribution in [2.75, 3.05) is 31.6 Å². The predicted octanol–water partition coefficient (Wildman–Crippen LogP) is 2.38. The number of imidazole rings is 1. The maximum absolute atomic E-state index is 13.1. The van der Waals surface area contributed by atoms with E-state index in [-0.39, 0.29) is 5.82 Å². The number of benzene rings is 1. The van der Waals surface area contributed by atoms with Gasteiger partial charge in [0, 0.05) is 20.1 Å². The van der Waals surface area contributed by atoms with E-state index in [2.05, 4.69) is 29.1 Å². The molecule has 1 aromatic carbocycles. The van der Waals surface area contributed by atoms with Crippen LogP contribution in [0.4, 0.5) is 10.3 Å². The molecule has 0 saturated carbocycles. The number of nitrogens with one attached hydrogen (secondary N) is 2. The van der Waals surface area contributed by atoms with E-state index >= 15 is 0 Å². The lowest BCUT2D eigenvalue weighted by atomic mass is 10.2. The first-order chi connectivity index (χ1) is 9.06. The topological polar surface area (TPSA) is 44.0 Å². The van der Waals surface area contributed by atoms with Crippen molar-refractivity contribution >= 4 is 17.0 Å². The van der Waals surface area contributed by atoms with Crippen LogP contribution >= 0.6 is 0 Å². The summed E-state index contributed by atoms with van der Waals surface area (Å²) >= 11 is 0. The Morgan fingerprint density at radius 2 is 2.21 bits per heavy atom. The Morgan fingerprint density at radius 1 is 1.42 bits per heavy atom. The zero-order valence-corrected chi connectivity index (χ0v) is 11.7. The summed E-state index contributed by atoms with van der Waals surface area (Å²) in [6.07, 6.45) is 0. The van der Waals surface area contributed by atoms with Crippen LogP contribution in [0.1, 0.15) is 13.8 Å². The molecule has 104 valence electrons. The Morgan fingerprint density at radius 3 is 2.95 bits per heavy atom. The molecule has 0 radical (unpaired) electrons. The van der Waals surface area contributed by atoms with Crippen molar-refractivity contribution in [3.63, 3.8) is 0 Å². The summed E-state index contributed by atoms with van der Waals surface area (Å²) in [5, 5.41) is 3.39. The predicted molar refractivity (Wildman–Crippen MR) is 77.0 cm³/mol. The molecular formula is C14H21FN4. The van der Waals surface area contributed by atoms with Gasteiger partial charge in [0.25, 0.3) is 0 Å². The fraction of sp³-hybridized carbons (Fsp3) is 0.500. The first kappa shape index (κ1) is 13.8. The van der Waals surface area contributed by atoms with Gasteiger partial charge in [0.15, 0.2) is 0 Å². The molecule has 5 heteroatoms. The molecule has 0 unspecified atom stereocenters. The van der Waals surface area contributed by atoms with Crippen molar-refractivity contribution in [2.24, 2.45) is 5.92 Å². The molecule has 2 aromatic rings. The summed E-state index contributed by atoms with van der Waals surface area (Å²) < 4.78 is 13.1. The number of hydrogen-bond donors (Lipinski definition) is 2. The van der Waals surface area contributed by atoms with Gasteiger partial charge in [0.1, 0.15) is 5.82 Å². The van der Waals surface area contributed by atoms with E-state index in [1.54, 1.807) is 6.07 Å². The van der Waals surface area contributed by atoms with Crippen molar-refractivity contribution in [3.05, 3.63) is 24.0 Å². The van der Waals surface area contributed by atoms with Gasteiger partial charge in [-0.1, -0.05) is 13.8 Å². The van der Waals surface area contributed by atoms with Crippen LogP contribution in [-0.2, 0) is 0 Å². The van der Waals surface area contributed by atoms with E-state index in [1.807, 2.05) is 11.9 Å². The first-order valence-electron chi connectivity index (χ1n) is 6.63. The van der Waals surface area contributed by atoms with E-state index in [0.29, 0.717) is 5.92 Å². The highest BCUT2D eigenvalue weighted by Gasteiger charge is 2.07. The Kier molecular flexibility index (Phi) is 4.37. The van der Waals surface area contributed by atoms with Crippen LogP contribution in [0.15, 0.2) is 18.2 Å². The zero-order chi connectivity index (χ0) is 13.8. The van der Waals surface area contributed by atoms with Crippen molar-refractivity contribution in [3.8, 4) is 0 Å². The molecule has 0 aliphatic heterocycles. The quantitative estimate of drug-likeness (QED) is 0.787. The van der Waals surface area contributed by atoms with E-state index in [9.17, 15) is 4.39 Å². The average molecular weight is 264 g/mol. The molecule has 0 spiro atoms. The van der Waals surface area contributed by atoms with Crippen LogP contribution < -0.4 is 10.2 Å². The molecule has 4 nitrogen and oxygen atoms in total. The van der Waals surface area contributed by atoms with Crippen LogP contribution in [0.3, 0.4) is 0 Å². The molecule has 19 heavy (non-hydrogen) atoms. The lowest BCUT2D eigenvalue weighted by Crippen LogP contribution is -2.31. The van der Waals surface area contributed by atoms with Gasteiger partial charge in [0.05, 0.1) is 11.0 Å². The average Bonchev–Trinajstić information content (AvgIpc) is 2.77. The second-order valence-corrected chi connectivity index (χ2v) is 5.24. The number of rotatable bonds is 6. The van der Waals surface area contributed by atoms with E-state index < -0.39 is 0 Å². The van der Waals surface area contributed by atoms with Gasteiger partial charge in [0.2, 0.25) is 5.95 Å². The van der Waals surface area contributed by atoms with Gasteiger partial charge in [-0.25, -0.2) is 9.37 Å². The number of aromatic amines is 1. The number of anilines is 1. The maximum atomic E-state index is 13.1. The molecule has 2 rings (SSSR count). The molecule has 0 aliphatic carbocycles. The van der Waals surface area contributed by atoms with Gasteiger partial charge in [-0.3, -0.25) is 0 Å². The standard InChI is InChI=1S/C14H21FN4/c1-10(2)9-16-6-7-19(3)14-17-12-5-4-11(15)8-13(12)18-14/h4-5,8,10,16H,6-7,9H2,1-3H3,(H,17,18). The monoisotopic (exact) mass is 264 g/mol. The Hall–Kier alpha value is -1.62. The summed E-state index contributed by atoms with van der Waals surface area (Å²) in [4.78, 5) is 9.61. The maximum Gasteiger partial charge on any atom is 0.203 e. The van der Waals surface area contributed by atoms with Crippen LogP contribution in [-0.4, -0.2) is 36.6 Å². The molecule has 0 amide bonds. The van der Waals surface area contributed by atoms with Crippen molar-refractivity contribution in [1.29, 1.82) is 0 Å². The van der Waals surface area contributed by atoms with E-state index in [0.717, 1.165) is 36.6 Å². The zero-order valence-electron chi connectivity index (χ0n) is 11.7. The van der Waals surface area contributed by atoms with E-state index in [1.165, 1.54) is 12.1 Å². The Balaban J connectivity index is 1.95. The fourth-order valence-corrected chi connectivity index (χ4v) is 1.89. The molecular weight excluding hydrogens is 243 g/mol. The van der Waals surface area contributed by atoms with Crippen molar-refractivity contribution in [2.45, 2.75) is 13.8 Å². The summed E-state index contributed by atoms with van der Waals surface area (Å²) in [6, 6.07) is 4.59. The van der Waals surface area contributed by atoms with Crippen LogP contribution in [0, 0.1) is 11.7 Å². The highest BCUT2D eigenvalue weighted by atomic mass is 19.1. The summed E-state index contributed by atoms with van der Waals surface area (Å²) in [7, 11) is 1.98. The van der Waals surface area contributed by atoms with Crippen molar-refractivity contribution < 1.29 is 4.39 Å². The van der Waals surface area contributed by atoms with Gasteiger partial charge >= 0.3 is 0 Å². The van der Waals surface area contributed by atoms with Gasteiger partial charge in [-0.15, -0.1) is 0 Å². The molecule has 0 atom stereocenters. The van der Waals surface area contributed by atoms with Gasteiger partial charge in [-0.05, 0) is 30.7 Å². The third-order valence-corrected chi connectivity index (χ3v) is 2.97. The second kappa shape index (κ2) is 6.02. The largest absolute Gasteiger partial charge is 0.344 e. The lowest BCUT2D eigenvalue weighted by molar-refractivity contribution is 0.553. The van der Waals surface area contributed by atoms with Crippen LogP contribution in [0.25, 0.3) is 11.0 Å². The van der Waals surface area contributed by atoms with Gasteiger partial charge in [-0.2, -0.15) is 0 Å².